The molecule has 1 N–H and O–H groups in total. The van der Waals surface area contributed by atoms with Crippen LogP contribution in [-0.4, -0.2) is 10.9 Å². The van der Waals surface area contributed by atoms with Crippen molar-refractivity contribution in [2.45, 2.75) is 20.3 Å². The second-order valence-electron chi connectivity index (χ2n) is 4.41. The fourth-order valence-corrected chi connectivity index (χ4v) is 2.49. The molecular formula is C15H14BrClN2O. The molecule has 0 unspecified atom stereocenters. The summed E-state index contributed by atoms with van der Waals surface area (Å²) in [6.45, 7) is 4.02. The van der Waals surface area contributed by atoms with E-state index in [4.69, 9.17) is 11.6 Å². The van der Waals surface area contributed by atoms with Gasteiger partial charge in [0.1, 0.15) is 5.15 Å². The van der Waals surface area contributed by atoms with Crippen molar-refractivity contribution in [1.29, 1.82) is 0 Å². The minimum absolute atomic E-state index is 0.192. The zero-order chi connectivity index (χ0) is 14.7. The summed E-state index contributed by atoms with van der Waals surface area (Å²) in [5.74, 6) is -0.257. The molecule has 0 saturated heterocycles. The normalized spacial score (nSPS) is 10.4. The molecule has 0 atom stereocenters. The Balaban J connectivity index is 2.35. The molecular weight excluding hydrogens is 340 g/mol. The number of anilines is 1. The number of para-hydroxylation sites is 1. The number of aromatic nitrogens is 1. The minimum Gasteiger partial charge on any atom is -0.321 e. The number of carbonyl (C=O) groups excluding carboxylic acids is 1. The number of pyridine rings is 1. The molecule has 3 nitrogen and oxygen atoms in total. The number of rotatable bonds is 3. The standard InChI is InChI=1S/C15H14BrClN2O/c1-3-10-6-4-5-9(2)13(10)19-15(20)12-7-11(16)8-18-14(12)17/h4-8H,3H2,1-2H3,(H,19,20). The Morgan fingerprint density at radius 3 is 2.90 bits per heavy atom. The summed E-state index contributed by atoms with van der Waals surface area (Å²) < 4.78 is 0.715. The van der Waals surface area contributed by atoms with E-state index in [2.05, 4.69) is 33.2 Å². The summed E-state index contributed by atoms with van der Waals surface area (Å²) in [6, 6.07) is 7.62. The van der Waals surface area contributed by atoms with Gasteiger partial charge in [-0.25, -0.2) is 4.98 Å². The Kier molecular flexibility index (Phi) is 4.78. The summed E-state index contributed by atoms with van der Waals surface area (Å²) in [7, 11) is 0. The van der Waals surface area contributed by atoms with E-state index >= 15 is 0 Å². The van der Waals surface area contributed by atoms with Crippen LogP contribution in [0.4, 0.5) is 5.69 Å². The largest absolute Gasteiger partial charge is 0.321 e. The molecule has 2 aromatic rings. The van der Waals surface area contributed by atoms with E-state index in [0.29, 0.717) is 10.0 Å². The SMILES string of the molecule is CCc1cccc(C)c1NC(=O)c1cc(Br)cnc1Cl. The van der Waals surface area contributed by atoms with Crippen LogP contribution in [0.2, 0.25) is 5.15 Å². The van der Waals surface area contributed by atoms with Gasteiger partial charge in [0.25, 0.3) is 5.91 Å². The van der Waals surface area contributed by atoms with E-state index in [-0.39, 0.29) is 11.1 Å². The van der Waals surface area contributed by atoms with Gasteiger partial charge < -0.3 is 5.32 Å². The van der Waals surface area contributed by atoms with Crippen molar-refractivity contribution in [2.75, 3.05) is 5.32 Å². The van der Waals surface area contributed by atoms with E-state index in [1.54, 1.807) is 12.3 Å². The Bertz CT molecular complexity index is 658. The zero-order valence-electron chi connectivity index (χ0n) is 11.2. The average molecular weight is 354 g/mol. The topological polar surface area (TPSA) is 42.0 Å². The third-order valence-corrected chi connectivity index (χ3v) is 3.76. The number of nitrogens with one attached hydrogen (secondary N) is 1. The maximum atomic E-state index is 12.4. The molecule has 104 valence electrons. The van der Waals surface area contributed by atoms with Crippen LogP contribution >= 0.6 is 27.5 Å². The first-order chi connectivity index (χ1) is 9.52. The van der Waals surface area contributed by atoms with Gasteiger partial charge >= 0.3 is 0 Å². The zero-order valence-corrected chi connectivity index (χ0v) is 13.5. The second kappa shape index (κ2) is 6.37. The summed E-state index contributed by atoms with van der Waals surface area (Å²) in [5.41, 5.74) is 3.32. The number of benzene rings is 1. The maximum Gasteiger partial charge on any atom is 0.258 e. The Morgan fingerprint density at radius 2 is 2.20 bits per heavy atom. The molecule has 0 spiro atoms. The Labute approximate surface area is 131 Å². The Morgan fingerprint density at radius 1 is 1.45 bits per heavy atom. The van der Waals surface area contributed by atoms with Gasteiger partial charge in [0.15, 0.2) is 0 Å². The molecule has 0 aliphatic carbocycles. The van der Waals surface area contributed by atoms with Gasteiger partial charge in [0, 0.05) is 16.4 Å². The van der Waals surface area contributed by atoms with E-state index in [1.165, 1.54) is 0 Å². The van der Waals surface area contributed by atoms with Crippen molar-refractivity contribution in [2.24, 2.45) is 0 Å². The minimum atomic E-state index is -0.257. The Hall–Kier alpha value is -1.39. The number of carbonyl (C=O) groups is 1. The summed E-state index contributed by atoms with van der Waals surface area (Å²) in [5, 5.41) is 3.12. The van der Waals surface area contributed by atoms with Crippen LogP contribution in [0, 0.1) is 6.92 Å². The predicted molar refractivity (Wildman–Crippen MR) is 85.5 cm³/mol. The van der Waals surface area contributed by atoms with Crippen molar-refractivity contribution in [3.63, 3.8) is 0 Å². The summed E-state index contributed by atoms with van der Waals surface area (Å²) in [6.07, 6.45) is 2.41. The van der Waals surface area contributed by atoms with Gasteiger partial charge in [-0.2, -0.15) is 0 Å². The first-order valence-electron chi connectivity index (χ1n) is 6.23. The monoisotopic (exact) mass is 352 g/mol. The quantitative estimate of drug-likeness (QED) is 0.818. The van der Waals surface area contributed by atoms with E-state index < -0.39 is 0 Å². The molecule has 1 aromatic heterocycles. The van der Waals surface area contributed by atoms with Crippen LogP contribution in [-0.2, 0) is 6.42 Å². The highest BCUT2D eigenvalue weighted by Gasteiger charge is 2.14. The van der Waals surface area contributed by atoms with Crippen LogP contribution in [0.1, 0.15) is 28.4 Å². The lowest BCUT2D eigenvalue weighted by Crippen LogP contribution is -2.15. The van der Waals surface area contributed by atoms with Gasteiger partial charge in [-0.05, 0) is 46.5 Å². The molecule has 1 heterocycles. The van der Waals surface area contributed by atoms with Gasteiger partial charge in [-0.15, -0.1) is 0 Å². The highest BCUT2D eigenvalue weighted by atomic mass is 79.9. The second-order valence-corrected chi connectivity index (χ2v) is 5.68. The van der Waals surface area contributed by atoms with Crippen LogP contribution in [0.3, 0.4) is 0 Å². The highest BCUT2D eigenvalue weighted by Crippen LogP contribution is 2.24. The first kappa shape index (κ1) is 15.0. The third-order valence-electron chi connectivity index (χ3n) is 3.03. The fourth-order valence-electron chi connectivity index (χ4n) is 1.96. The van der Waals surface area contributed by atoms with Crippen LogP contribution in [0.25, 0.3) is 0 Å². The molecule has 0 saturated carbocycles. The first-order valence-corrected chi connectivity index (χ1v) is 7.41. The van der Waals surface area contributed by atoms with E-state index in [9.17, 15) is 4.79 Å². The molecule has 0 bridgehead atoms. The van der Waals surface area contributed by atoms with Gasteiger partial charge in [-0.1, -0.05) is 36.7 Å². The molecule has 20 heavy (non-hydrogen) atoms. The summed E-state index contributed by atoms with van der Waals surface area (Å²) >= 11 is 9.27. The lowest BCUT2D eigenvalue weighted by molar-refractivity contribution is 0.102. The number of nitrogens with zero attached hydrogens (tertiary/aromatic N) is 1. The smallest absolute Gasteiger partial charge is 0.258 e. The van der Waals surface area contributed by atoms with Crippen molar-refractivity contribution >= 4 is 39.1 Å². The number of aryl methyl sites for hydroxylation is 2. The summed E-state index contributed by atoms with van der Waals surface area (Å²) in [4.78, 5) is 16.3. The number of hydrogen-bond acceptors (Lipinski definition) is 2. The number of hydrogen-bond donors (Lipinski definition) is 1. The maximum absolute atomic E-state index is 12.4. The van der Waals surface area contributed by atoms with E-state index in [0.717, 1.165) is 23.2 Å². The van der Waals surface area contributed by atoms with Gasteiger partial charge in [0.05, 0.1) is 5.56 Å². The molecule has 0 aliphatic rings. The van der Waals surface area contributed by atoms with Gasteiger partial charge in [0.2, 0.25) is 0 Å². The molecule has 0 radical (unpaired) electrons. The lowest BCUT2D eigenvalue weighted by atomic mass is 10.1. The number of amides is 1. The molecule has 1 amide bonds. The van der Waals surface area contributed by atoms with Gasteiger partial charge in [-0.3, -0.25) is 4.79 Å². The molecule has 5 heteroatoms. The molecule has 1 aromatic carbocycles. The van der Waals surface area contributed by atoms with Crippen LogP contribution in [0.15, 0.2) is 34.9 Å². The molecule has 0 aliphatic heterocycles. The predicted octanol–water partition coefficient (Wildman–Crippen LogP) is 4.62. The molecule has 2 rings (SSSR count). The van der Waals surface area contributed by atoms with E-state index in [1.807, 2.05) is 25.1 Å². The number of halogens is 2. The van der Waals surface area contributed by atoms with Crippen molar-refractivity contribution < 1.29 is 4.79 Å². The van der Waals surface area contributed by atoms with Crippen LogP contribution in [0.5, 0.6) is 0 Å². The van der Waals surface area contributed by atoms with Crippen LogP contribution < -0.4 is 5.32 Å². The third kappa shape index (κ3) is 3.19. The van der Waals surface area contributed by atoms with Crippen molar-refractivity contribution in [1.82, 2.24) is 4.98 Å². The highest BCUT2D eigenvalue weighted by molar-refractivity contribution is 9.10. The van der Waals surface area contributed by atoms with Crippen molar-refractivity contribution in [3.8, 4) is 0 Å². The average Bonchev–Trinajstić information content (AvgIpc) is 2.43. The fraction of sp³-hybridized carbons (Fsp3) is 0.200. The lowest BCUT2D eigenvalue weighted by Gasteiger charge is -2.13. The van der Waals surface area contributed by atoms with Crippen molar-refractivity contribution in [3.05, 3.63) is 56.8 Å². The molecule has 0 fully saturated rings.